The number of carbonyl (C=O) groups is 1. The van der Waals surface area contributed by atoms with E-state index in [0.717, 1.165) is 0 Å². The summed E-state index contributed by atoms with van der Waals surface area (Å²) in [7, 11) is 0. The van der Waals surface area contributed by atoms with Crippen LogP contribution < -0.4 is 5.73 Å². The van der Waals surface area contributed by atoms with E-state index in [4.69, 9.17) is 5.73 Å². The summed E-state index contributed by atoms with van der Waals surface area (Å²) in [5.74, 6) is -0.666. The Bertz CT molecular complexity index is 373. The zero-order chi connectivity index (χ0) is 9.64. The fourth-order valence-electron chi connectivity index (χ4n) is 1.41. The van der Waals surface area contributed by atoms with Crippen molar-refractivity contribution in [3.05, 3.63) is 41.5 Å². The molecule has 13 heavy (non-hydrogen) atoms. The molecule has 1 aliphatic rings. The van der Waals surface area contributed by atoms with Crippen LogP contribution in [0.1, 0.15) is 15.9 Å². The van der Waals surface area contributed by atoms with Crippen LogP contribution in [0, 0.1) is 6.10 Å². The first-order valence-electron chi connectivity index (χ1n) is 3.77. The summed E-state index contributed by atoms with van der Waals surface area (Å²) in [5, 5.41) is 18.8. The van der Waals surface area contributed by atoms with Crippen LogP contribution in [0.3, 0.4) is 0 Å². The maximum absolute atomic E-state index is 11.4. The summed E-state index contributed by atoms with van der Waals surface area (Å²) in [6.07, 6.45) is -0.479. The van der Waals surface area contributed by atoms with Crippen molar-refractivity contribution in [2.75, 3.05) is 0 Å². The molecule has 2 rings (SSSR count). The highest BCUT2D eigenvalue weighted by molar-refractivity contribution is 6.09. The maximum Gasteiger partial charge on any atom is 0.215 e. The summed E-state index contributed by atoms with van der Waals surface area (Å²) in [6, 6.07) is 6.35. The number of benzene rings is 1. The van der Waals surface area contributed by atoms with Crippen molar-refractivity contribution >= 4 is 5.78 Å². The van der Waals surface area contributed by atoms with Crippen molar-refractivity contribution in [2.24, 2.45) is 5.73 Å². The van der Waals surface area contributed by atoms with E-state index in [1.54, 1.807) is 12.1 Å². The topological polar surface area (TPSA) is 83.6 Å². The van der Waals surface area contributed by atoms with E-state index in [1.807, 2.05) is 0 Å². The largest absolute Gasteiger partial charge is 0.377 e. The first kappa shape index (κ1) is 8.37. The van der Waals surface area contributed by atoms with Gasteiger partial charge in [0.2, 0.25) is 11.5 Å². The number of aliphatic hydroxyl groups excluding tert-OH is 1. The van der Waals surface area contributed by atoms with Gasteiger partial charge < -0.3 is 10.2 Å². The zero-order valence-electron chi connectivity index (χ0n) is 6.69. The minimum absolute atomic E-state index is 0.255. The Morgan fingerprint density at radius 1 is 1.23 bits per heavy atom. The van der Waals surface area contributed by atoms with Crippen molar-refractivity contribution < 1.29 is 15.0 Å². The van der Waals surface area contributed by atoms with Crippen LogP contribution in [0.4, 0.5) is 0 Å². The van der Waals surface area contributed by atoms with Gasteiger partial charge in [0.25, 0.3) is 0 Å². The molecule has 0 aromatic heterocycles. The van der Waals surface area contributed by atoms with Crippen LogP contribution in [-0.4, -0.2) is 21.7 Å². The number of hydrogen-bond donors (Lipinski definition) is 3. The van der Waals surface area contributed by atoms with Gasteiger partial charge >= 0.3 is 0 Å². The fraction of sp³-hybridized carbons (Fsp3) is 0.111. The monoisotopic (exact) mass is 178 g/mol. The highest BCUT2D eigenvalue weighted by Crippen LogP contribution is 2.34. The van der Waals surface area contributed by atoms with Crippen LogP contribution in [0.25, 0.3) is 0 Å². The van der Waals surface area contributed by atoms with Gasteiger partial charge in [-0.1, -0.05) is 24.3 Å². The number of hydrogen-bond acceptors (Lipinski definition) is 4. The molecule has 1 radical (unpaired) electrons. The summed E-state index contributed by atoms with van der Waals surface area (Å²) in [5.41, 5.74) is 3.55. The smallest absolute Gasteiger partial charge is 0.215 e. The van der Waals surface area contributed by atoms with Crippen molar-refractivity contribution in [1.29, 1.82) is 0 Å². The molecule has 4 heteroatoms. The van der Waals surface area contributed by atoms with E-state index < -0.39 is 17.6 Å². The number of Topliss-reactive ketones (excluding diaryl/α,β-unsaturated/α-hetero) is 1. The SMILES string of the molecule is NC1(O)[C](O)c2ccccc2C1=O. The van der Waals surface area contributed by atoms with Crippen LogP contribution in [0.5, 0.6) is 0 Å². The second-order valence-electron chi connectivity index (χ2n) is 2.99. The molecule has 0 fully saturated rings. The average Bonchev–Trinajstić information content (AvgIpc) is 2.30. The Morgan fingerprint density at radius 2 is 1.77 bits per heavy atom. The van der Waals surface area contributed by atoms with Gasteiger partial charge in [-0.15, -0.1) is 0 Å². The second kappa shape index (κ2) is 2.38. The Hall–Kier alpha value is -1.23. The van der Waals surface area contributed by atoms with Crippen LogP contribution in [0.15, 0.2) is 24.3 Å². The summed E-state index contributed by atoms with van der Waals surface area (Å²) in [4.78, 5) is 11.4. The third-order valence-electron chi connectivity index (χ3n) is 2.13. The minimum atomic E-state index is -2.25. The van der Waals surface area contributed by atoms with Gasteiger partial charge in [-0.2, -0.15) is 0 Å². The van der Waals surface area contributed by atoms with Crippen molar-refractivity contribution in [1.82, 2.24) is 0 Å². The first-order chi connectivity index (χ1) is 6.05. The van der Waals surface area contributed by atoms with Crippen molar-refractivity contribution in [3.8, 4) is 0 Å². The number of nitrogens with two attached hydrogens (primary N) is 1. The number of rotatable bonds is 0. The molecule has 0 saturated carbocycles. The predicted octanol–water partition coefficient (Wildman–Crippen LogP) is -0.217. The molecule has 0 amide bonds. The molecule has 1 aliphatic carbocycles. The molecular weight excluding hydrogens is 170 g/mol. The van der Waals surface area contributed by atoms with Crippen LogP contribution in [-0.2, 0) is 0 Å². The lowest BCUT2D eigenvalue weighted by atomic mass is 10.1. The van der Waals surface area contributed by atoms with Crippen molar-refractivity contribution in [3.63, 3.8) is 0 Å². The number of fused-ring (bicyclic) bond motifs is 1. The molecule has 67 valence electrons. The molecule has 0 bridgehead atoms. The molecule has 1 unspecified atom stereocenters. The molecule has 1 aromatic carbocycles. The van der Waals surface area contributed by atoms with Crippen LogP contribution in [0.2, 0.25) is 0 Å². The summed E-state index contributed by atoms with van der Waals surface area (Å²) >= 11 is 0. The van der Waals surface area contributed by atoms with Gasteiger partial charge in [0, 0.05) is 11.1 Å². The molecule has 1 aromatic rings. The highest BCUT2D eigenvalue weighted by Gasteiger charge is 2.49. The van der Waals surface area contributed by atoms with E-state index in [9.17, 15) is 15.0 Å². The molecule has 0 saturated heterocycles. The van der Waals surface area contributed by atoms with Gasteiger partial charge in [-0.3, -0.25) is 10.5 Å². The third-order valence-corrected chi connectivity index (χ3v) is 2.13. The molecule has 0 heterocycles. The standard InChI is InChI=1S/C9H8NO3/c10-9(13)7(11)5-3-1-2-4-6(5)8(9)12/h1-4,11,13H,10H2. The lowest BCUT2D eigenvalue weighted by Gasteiger charge is -2.17. The zero-order valence-corrected chi connectivity index (χ0v) is 6.69. The first-order valence-corrected chi connectivity index (χ1v) is 3.77. The lowest BCUT2D eigenvalue weighted by Crippen LogP contribution is -2.49. The van der Waals surface area contributed by atoms with Gasteiger partial charge in [-0.05, 0) is 0 Å². The molecule has 4 N–H and O–H groups in total. The minimum Gasteiger partial charge on any atom is -0.377 e. The number of aliphatic hydroxyl groups is 2. The van der Waals surface area contributed by atoms with Gasteiger partial charge in [-0.25, -0.2) is 0 Å². The molecule has 0 aliphatic heterocycles. The van der Waals surface area contributed by atoms with E-state index in [-0.39, 0.29) is 5.56 Å². The molecule has 1 atom stereocenters. The predicted molar refractivity (Wildman–Crippen MR) is 44.2 cm³/mol. The normalized spacial score (nSPS) is 27.8. The summed E-state index contributed by atoms with van der Waals surface area (Å²) in [6.45, 7) is 0. The van der Waals surface area contributed by atoms with Gasteiger partial charge in [0.1, 0.15) is 0 Å². The Labute approximate surface area is 74.6 Å². The number of ketones is 1. The van der Waals surface area contributed by atoms with Gasteiger partial charge in [0.15, 0.2) is 6.10 Å². The second-order valence-corrected chi connectivity index (χ2v) is 2.99. The van der Waals surface area contributed by atoms with E-state index >= 15 is 0 Å². The average molecular weight is 178 g/mol. The summed E-state index contributed by atoms with van der Waals surface area (Å²) < 4.78 is 0. The van der Waals surface area contributed by atoms with E-state index in [0.29, 0.717) is 5.56 Å². The molecule has 4 nitrogen and oxygen atoms in total. The van der Waals surface area contributed by atoms with E-state index in [1.165, 1.54) is 12.1 Å². The van der Waals surface area contributed by atoms with E-state index in [2.05, 4.69) is 0 Å². The van der Waals surface area contributed by atoms with Gasteiger partial charge in [0.05, 0.1) is 0 Å². The molecular formula is C9H8NO3. The lowest BCUT2D eigenvalue weighted by molar-refractivity contribution is 0.0205. The Balaban J connectivity index is 2.64. The van der Waals surface area contributed by atoms with Crippen LogP contribution >= 0.6 is 0 Å². The highest BCUT2D eigenvalue weighted by atomic mass is 16.4. The Morgan fingerprint density at radius 3 is 2.31 bits per heavy atom. The quantitative estimate of drug-likeness (QED) is 0.480. The fourth-order valence-corrected chi connectivity index (χ4v) is 1.41. The third kappa shape index (κ3) is 0.935. The van der Waals surface area contributed by atoms with Crippen molar-refractivity contribution in [2.45, 2.75) is 5.72 Å². The number of carbonyl (C=O) groups excluding carboxylic acids is 1. The maximum atomic E-state index is 11.4. The Kier molecular flexibility index (Phi) is 1.53. The molecule has 0 spiro atoms.